The van der Waals surface area contributed by atoms with Crippen molar-refractivity contribution in [2.75, 3.05) is 11.9 Å². The summed E-state index contributed by atoms with van der Waals surface area (Å²) in [6.45, 7) is -0.208. The number of carbonyl (C=O) groups excluding carboxylic acids is 3. The quantitative estimate of drug-likeness (QED) is 0.652. The van der Waals surface area contributed by atoms with Gasteiger partial charge in [0.2, 0.25) is 17.7 Å². The number of fused-ring (bicyclic) bond motifs is 5. The molecule has 1 saturated heterocycles. The van der Waals surface area contributed by atoms with Crippen molar-refractivity contribution in [3.8, 4) is 0 Å². The number of allylic oxidation sites excluding steroid dienone is 2. The predicted molar refractivity (Wildman–Crippen MR) is 97.4 cm³/mol. The van der Waals surface area contributed by atoms with E-state index in [1.807, 2.05) is 4.68 Å². The second-order valence-electron chi connectivity index (χ2n) is 8.26. The normalized spacial score (nSPS) is 32.4. The van der Waals surface area contributed by atoms with Crippen LogP contribution in [0.3, 0.4) is 0 Å². The Kier molecular flexibility index (Phi) is 3.91. The summed E-state index contributed by atoms with van der Waals surface area (Å²) in [5, 5.41) is 7.23. The van der Waals surface area contributed by atoms with E-state index >= 15 is 0 Å². The Morgan fingerprint density at radius 2 is 1.74 bits per heavy atom. The third kappa shape index (κ3) is 2.63. The summed E-state index contributed by atoms with van der Waals surface area (Å²) >= 11 is 0. The minimum absolute atomic E-state index is 0.164. The van der Waals surface area contributed by atoms with E-state index in [4.69, 9.17) is 0 Å². The van der Waals surface area contributed by atoms with Crippen molar-refractivity contribution in [3.63, 3.8) is 0 Å². The maximum atomic E-state index is 12.7. The molecule has 5 rings (SSSR count). The minimum Gasteiger partial charge on any atom is -0.309 e. The second-order valence-corrected chi connectivity index (χ2v) is 8.26. The van der Waals surface area contributed by atoms with Crippen LogP contribution in [-0.2, 0) is 14.4 Å². The van der Waals surface area contributed by atoms with Crippen LogP contribution >= 0.6 is 0 Å². The first-order valence-corrected chi connectivity index (χ1v) is 10.0. The van der Waals surface area contributed by atoms with Crippen molar-refractivity contribution < 1.29 is 14.4 Å². The highest BCUT2D eigenvalue weighted by molar-refractivity contribution is 6.09. The van der Waals surface area contributed by atoms with Gasteiger partial charge in [-0.2, -0.15) is 5.10 Å². The number of hydrogen-bond acceptors (Lipinski definition) is 4. The Morgan fingerprint density at radius 3 is 2.41 bits per heavy atom. The zero-order chi connectivity index (χ0) is 18.5. The molecular formula is C20H24N4O3. The standard InChI is InChI=1S/C20H24N4O3/c25-16(22-15-8-9-21-24(15)14-4-2-1-3-5-14)11-23-19(26)17-12-6-7-13(10-12)18(17)20(23)27/h6-9,12-14,17-18H,1-5,10-11H2,(H,22,25). The largest absolute Gasteiger partial charge is 0.309 e. The Bertz CT molecular complexity index is 793. The zero-order valence-electron chi connectivity index (χ0n) is 15.2. The van der Waals surface area contributed by atoms with E-state index in [2.05, 4.69) is 22.6 Å². The van der Waals surface area contributed by atoms with Gasteiger partial charge in [0, 0.05) is 6.07 Å². The molecule has 4 atom stereocenters. The number of imide groups is 1. The van der Waals surface area contributed by atoms with Gasteiger partial charge in [-0.3, -0.25) is 19.3 Å². The van der Waals surface area contributed by atoms with Crippen molar-refractivity contribution in [3.05, 3.63) is 24.4 Å². The summed E-state index contributed by atoms with van der Waals surface area (Å²) in [6, 6.07) is 2.08. The Balaban J connectivity index is 1.26. The van der Waals surface area contributed by atoms with Crippen LogP contribution in [0.4, 0.5) is 5.82 Å². The summed E-state index contributed by atoms with van der Waals surface area (Å²) < 4.78 is 1.88. The molecule has 0 aromatic carbocycles. The Hall–Kier alpha value is -2.44. The van der Waals surface area contributed by atoms with Crippen LogP contribution in [0.25, 0.3) is 0 Å². The van der Waals surface area contributed by atoms with E-state index in [1.165, 1.54) is 19.3 Å². The average Bonchev–Trinajstić information content (AvgIpc) is 3.44. The van der Waals surface area contributed by atoms with E-state index in [0.29, 0.717) is 11.9 Å². The predicted octanol–water partition coefficient (Wildman–Crippen LogP) is 2.13. The van der Waals surface area contributed by atoms with Gasteiger partial charge in [0.1, 0.15) is 12.4 Å². The number of likely N-dealkylation sites (tertiary alicyclic amines) is 1. The molecule has 2 heterocycles. The highest BCUT2D eigenvalue weighted by atomic mass is 16.2. The number of rotatable bonds is 4. The number of nitrogens with zero attached hydrogens (tertiary/aromatic N) is 3. The van der Waals surface area contributed by atoms with Gasteiger partial charge in [0.05, 0.1) is 24.1 Å². The molecule has 1 aromatic heterocycles. The van der Waals surface area contributed by atoms with Crippen molar-refractivity contribution in [2.45, 2.75) is 44.6 Å². The van der Waals surface area contributed by atoms with Crippen molar-refractivity contribution in [2.24, 2.45) is 23.7 Å². The van der Waals surface area contributed by atoms with E-state index < -0.39 is 0 Å². The molecule has 27 heavy (non-hydrogen) atoms. The van der Waals surface area contributed by atoms with Crippen LogP contribution in [0.1, 0.15) is 44.6 Å². The number of anilines is 1. The molecule has 7 nitrogen and oxygen atoms in total. The first kappa shape index (κ1) is 16.7. The third-order valence-corrected chi connectivity index (χ3v) is 6.72. The van der Waals surface area contributed by atoms with Gasteiger partial charge in [0.15, 0.2) is 0 Å². The van der Waals surface area contributed by atoms with Crippen LogP contribution in [0.2, 0.25) is 0 Å². The van der Waals surface area contributed by atoms with Crippen molar-refractivity contribution >= 4 is 23.5 Å². The molecule has 0 spiro atoms. The highest BCUT2D eigenvalue weighted by Gasteiger charge is 2.59. The van der Waals surface area contributed by atoms with Gasteiger partial charge >= 0.3 is 0 Å². The van der Waals surface area contributed by atoms with Crippen LogP contribution in [0, 0.1) is 23.7 Å². The molecule has 2 bridgehead atoms. The fourth-order valence-corrected chi connectivity index (χ4v) is 5.48. The van der Waals surface area contributed by atoms with E-state index in [0.717, 1.165) is 24.2 Å². The fourth-order valence-electron chi connectivity index (χ4n) is 5.48. The number of carbonyl (C=O) groups is 3. The van der Waals surface area contributed by atoms with E-state index in [1.54, 1.807) is 12.3 Å². The molecule has 142 valence electrons. The molecule has 1 aromatic rings. The lowest BCUT2D eigenvalue weighted by molar-refractivity contribution is -0.143. The van der Waals surface area contributed by atoms with Crippen LogP contribution in [0.5, 0.6) is 0 Å². The molecule has 0 radical (unpaired) electrons. The third-order valence-electron chi connectivity index (χ3n) is 6.72. The maximum absolute atomic E-state index is 12.7. The molecule has 1 aliphatic heterocycles. The summed E-state index contributed by atoms with van der Waals surface area (Å²) in [5.41, 5.74) is 0. The molecule has 7 heteroatoms. The van der Waals surface area contributed by atoms with Gasteiger partial charge < -0.3 is 5.32 Å². The first-order valence-electron chi connectivity index (χ1n) is 10.0. The number of nitrogens with one attached hydrogen (secondary N) is 1. The first-order chi connectivity index (χ1) is 13.1. The molecular weight excluding hydrogens is 344 g/mol. The molecule has 3 amide bonds. The smallest absolute Gasteiger partial charge is 0.245 e. The lowest BCUT2D eigenvalue weighted by Gasteiger charge is -2.24. The molecule has 4 unspecified atom stereocenters. The number of amides is 3. The molecule has 4 aliphatic rings. The Morgan fingerprint density at radius 1 is 1.07 bits per heavy atom. The summed E-state index contributed by atoms with van der Waals surface area (Å²) in [6.07, 6.45) is 12.4. The van der Waals surface area contributed by atoms with Gasteiger partial charge in [-0.15, -0.1) is 0 Å². The molecule has 3 aliphatic carbocycles. The van der Waals surface area contributed by atoms with Gasteiger partial charge in [-0.25, -0.2) is 4.68 Å². The summed E-state index contributed by atoms with van der Waals surface area (Å²) in [7, 11) is 0. The summed E-state index contributed by atoms with van der Waals surface area (Å²) in [4.78, 5) is 39.2. The lowest BCUT2D eigenvalue weighted by atomic mass is 9.85. The van der Waals surface area contributed by atoms with Crippen molar-refractivity contribution in [1.29, 1.82) is 0 Å². The second kappa shape index (κ2) is 6.32. The van der Waals surface area contributed by atoms with Gasteiger partial charge in [-0.1, -0.05) is 31.4 Å². The van der Waals surface area contributed by atoms with Crippen LogP contribution < -0.4 is 5.32 Å². The minimum atomic E-state index is -0.338. The maximum Gasteiger partial charge on any atom is 0.245 e. The summed E-state index contributed by atoms with van der Waals surface area (Å²) in [5.74, 6) is -0.242. The van der Waals surface area contributed by atoms with Crippen LogP contribution in [-0.4, -0.2) is 38.9 Å². The molecule has 1 N–H and O–H groups in total. The van der Waals surface area contributed by atoms with Gasteiger partial charge in [-0.05, 0) is 31.1 Å². The topological polar surface area (TPSA) is 84.3 Å². The average molecular weight is 368 g/mol. The number of aromatic nitrogens is 2. The fraction of sp³-hybridized carbons (Fsp3) is 0.600. The van der Waals surface area contributed by atoms with E-state index in [9.17, 15) is 14.4 Å². The molecule has 2 saturated carbocycles. The van der Waals surface area contributed by atoms with Crippen molar-refractivity contribution in [1.82, 2.24) is 14.7 Å². The highest BCUT2D eigenvalue weighted by Crippen LogP contribution is 2.52. The molecule has 3 fully saturated rings. The monoisotopic (exact) mass is 368 g/mol. The Labute approximate surface area is 157 Å². The van der Waals surface area contributed by atoms with Crippen LogP contribution in [0.15, 0.2) is 24.4 Å². The van der Waals surface area contributed by atoms with Gasteiger partial charge in [0.25, 0.3) is 0 Å². The SMILES string of the molecule is O=C(CN1C(=O)C2C3C=CC(C3)C2C1=O)Nc1ccnn1C1CCCCC1. The lowest BCUT2D eigenvalue weighted by Crippen LogP contribution is -2.39. The van der Waals surface area contributed by atoms with E-state index in [-0.39, 0.29) is 47.9 Å². The number of hydrogen-bond donors (Lipinski definition) is 1. The zero-order valence-corrected chi connectivity index (χ0v) is 15.2.